The largest absolute Gasteiger partial charge is 0.479 e. The third kappa shape index (κ3) is 2.33. The van der Waals surface area contributed by atoms with E-state index in [2.05, 4.69) is 0 Å². The fourth-order valence-corrected chi connectivity index (χ4v) is 1.64. The zero-order valence-electron chi connectivity index (χ0n) is 10.1. The first-order valence-electron chi connectivity index (χ1n) is 5.35. The maximum Gasteiger partial charge on any atom is 0.294 e. The minimum absolute atomic E-state index is 0.452. The van der Waals surface area contributed by atoms with E-state index >= 15 is 0 Å². The van der Waals surface area contributed by atoms with Crippen LogP contribution in [0.15, 0.2) is 30.6 Å². The van der Waals surface area contributed by atoms with Gasteiger partial charge in [0.2, 0.25) is 0 Å². The standard InChI is InChI=1S/C12H17N4O/c1-15-5-6-16(2)12(15)8-17-11-7-9(13)3-4-10(11)14/h3-7H,8,13-14H2,1-2H3/q+1. The van der Waals surface area contributed by atoms with Gasteiger partial charge in [-0.2, -0.15) is 0 Å². The van der Waals surface area contributed by atoms with Crippen molar-refractivity contribution in [2.24, 2.45) is 14.1 Å². The molecule has 0 radical (unpaired) electrons. The molecule has 0 amide bonds. The number of nitrogens with two attached hydrogens (primary N) is 2. The molecule has 0 unspecified atom stereocenters. The lowest BCUT2D eigenvalue weighted by molar-refractivity contribution is -0.680. The van der Waals surface area contributed by atoms with E-state index in [1.54, 1.807) is 18.2 Å². The Labute approximate surface area is 100 Å². The van der Waals surface area contributed by atoms with Crippen LogP contribution in [0.4, 0.5) is 11.4 Å². The molecule has 4 N–H and O–H groups in total. The topological polar surface area (TPSA) is 70.1 Å². The smallest absolute Gasteiger partial charge is 0.294 e. The Hall–Kier alpha value is -2.17. The lowest BCUT2D eigenvalue weighted by Crippen LogP contribution is -2.32. The summed E-state index contributed by atoms with van der Waals surface area (Å²) in [6.45, 7) is 0.452. The van der Waals surface area contributed by atoms with Crippen LogP contribution in [0, 0.1) is 0 Å². The highest BCUT2D eigenvalue weighted by atomic mass is 16.5. The van der Waals surface area contributed by atoms with E-state index in [0.717, 1.165) is 5.82 Å². The van der Waals surface area contributed by atoms with Crippen LogP contribution in [0.3, 0.4) is 0 Å². The van der Waals surface area contributed by atoms with Crippen molar-refractivity contribution in [2.45, 2.75) is 6.61 Å². The van der Waals surface area contributed by atoms with Crippen molar-refractivity contribution < 1.29 is 9.30 Å². The normalized spacial score (nSPS) is 10.5. The van der Waals surface area contributed by atoms with E-state index in [1.807, 2.05) is 35.6 Å². The Kier molecular flexibility index (Phi) is 2.91. The number of aromatic nitrogens is 2. The van der Waals surface area contributed by atoms with Gasteiger partial charge in [0.05, 0.1) is 19.8 Å². The molecule has 0 saturated heterocycles. The lowest BCUT2D eigenvalue weighted by atomic mass is 10.2. The molecule has 0 spiro atoms. The molecule has 2 aromatic rings. The zero-order chi connectivity index (χ0) is 12.4. The second-order valence-corrected chi connectivity index (χ2v) is 4.02. The van der Waals surface area contributed by atoms with Crippen molar-refractivity contribution in [1.82, 2.24) is 4.57 Å². The number of hydrogen-bond acceptors (Lipinski definition) is 3. The van der Waals surface area contributed by atoms with Gasteiger partial charge in [0.15, 0.2) is 6.61 Å². The van der Waals surface area contributed by atoms with Crippen molar-refractivity contribution >= 4 is 11.4 Å². The molecule has 0 aliphatic rings. The molecule has 2 rings (SSSR count). The van der Waals surface area contributed by atoms with Gasteiger partial charge in [-0.3, -0.25) is 0 Å². The first kappa shape index (κ1) is 11.3. The fourth-order valence-electron chi connectivity index (χ4n) is 1.64. The average molecular weight is 233 g/mol. The van der Waals surface area contributed by atoms with Crippen LogP contribution in [0.1, 0.15) is 5.82 Å². The van der Waals surface area contributed by atoms with Gasteiger partial charge in [0.1, 0.15) is 18.1 Å². The van der Waals surface area contributed by atoms with E-state index < -0.39 is 0 Å². The summed E-state index contributed by atoms with van der Waals surface area (Å²) >= 11 is 0. The van der Waals surface area contributed by atoms with Crippen molar-refractivity contribution in [3.63, 3.8) is 0 Å². The molecular formula is C12H17N4O+. The first-order chi connectivity index (χ1) is 8.08. The maximum absolute atomic E-state index is 5.81. The Balaban J connectivity index is 2.15. The molecule has 0 saturated carbocycles. The molecule has 1 aromatic heterocycles. The Bertz CT molecular complexity index is 514. The monoisotopic (exact) mass is 233 g/mol. The summed E-state index contributed by atoms with van der Waals surface area (Å²) in [7, 11) is 3.95. The number of imidazole rings is 1. The van der Waals surface area contributed by atoms with E-state index in [9.17, 15) is 0 Å². The minimum atomic E-state index is 0.452. The third-order valence-electron chi connectivity index (χ3n) is 2.72. The Morgan fingerprint density at radius 3 is 2.76 bits per heavy atom. The number of anilines is 2. The van der Waals surface area contributed by atoms with Gasteiger partial charge in [-0.15, -0.1) is 0 Å². The molecule has 0 atom stereocenters. The van der Waals surface area contributed by atoms with Crippen molar-refractivity contribution in [3.8, 4) is 5.75 Å². The van der Waals surface area contributed by atoms with E-state index in [0.29, 0.717) is 23.7 Å². The van der Waals surface area contributed by atoms with Crippen molar-refractivity contribution in [2.75, 3.05) is 11.5 Å². The van der Waals surface area contributed by atoms with Crippen molar-refractivity contribution in [3.05, 3.63) is 36.4 Å². The van der Waals surface area contributed by atoms with Crippen LogP contribution >= 0.6 is 0 Å². The molecular weight excluding hydrogens is 216 g/mol. The summed E-state index contributed by atoms with van der Waals surface area (Å²) in [5, 5.41) is 0. The minimum Gasteiger partial charge on any atom is -0.479 e. The molecule has 1 heterocycles. The van der Waals surface area contributed by atoms with Crippen molar-refractivity contribution in [1.29, 1.82) is 0 Å². The van der Waals surface area contributed by atoms with Crippen LogP contribution in [0.25, 0.3) is 0 Å². The summed E-state index contributed by atoms with van der Waals surface area (Å²) in [6, 6.07) is 5.23. The summed E-state index contributed by atoms with van der Waals surface area (Å²) in [5.74, 6) is 1.66. The van der Waals surface area contributed by atoms with Gasteiger partial charge < -0.3 is 16.2 Å². The van der Waals surface area contributed by atoms with Crippen LogP contribution < -0.4 is 20.8 Å². The quantitative estimate of drug-likeness (QED) is 0.602. The van der Waals surface area contributed by atoms with E-state index in [4.69, 9.17) is 16.2 Å². The van der Waals surface area contributed by atoms with Gasteiger partial charge in [0.25, 0.3) is 5.82 Å². The molecule has 0 aliphatic heterocycles. The average Bonchev–Trinajstić information content (AvgIpc) is 2.61. The predicted molar refractivity (Wildman–Crippen MR) is 66.2 cm³/mol. The van der Waals surface area contributed by atoms with Gasteiger partial charge in [-0.05, 0) is 12.1 Å². The summed E-state index contributed by atoms with van der Waals surface area (Å²) < 4.78 is 9.68. The fraction of sp³-hybridized carbons (Fsp3) is 0.250. The summed E-state index contributed by atoms with van der Waals surface area (Å²) in [6.07, 6.45) is 3.95. The van der Waals surface area contributed by atoms with Crippen LogP contribution in [0.2, 0.25) is 0 Å². The number of ether oxygens (including phenoxy) is 1. The molecule has 90 valence electrons. The highest BCUT2D eigenvalue weighted by molar-refractivity contribution is 5.59. The van der Waals surface area contributed by atoms with Gasteiger partial charge in [0, 0.05) is 11.8 Å². The molecule has 0 fully saturated rings. The molecule has 1 aromatic carbocycles. The molecule has 0 aliphatic carbocycles. The van der Waals surface area contributed by atoms with Crippen LogP contribution in [-0.4, -0.2) is 4.57 Å². The number of nitrogen functional groups attached to an aromatic ring is 2. The first-order valence-corrected chi connectivity index (χ1v) is 5.35. The Morgan fingerprint density at radius 1 is 1.35 bits per heavy atom. The highest BCUT2D eigenvalue weighted by Gasteiger charge is 2.12. The molecule has 5 nitrogen and oxygen atoms in total. The third-order valence-corrected chi connectivity index (χ3v) is 2.72. The summed E-state index contributed by atoms with van der Waals surface area (Å²) in [5.41, 5.74) is 12.7. The SMILES string of the molecule is Cn1cc[n+](C)c1COc1cc(N)ccc1N. The number of aryl methyl sites for hydroxylation is 2. The zero-order valence-corrected chi connectivity index (χ0v) is 10.1. The Morgan fingerprint density at radius 2 is 2.12 bits per heavy atom. The molecule has 17 heavy (non-hydrogen) atoms. The van der Waals surface area contributed by atoms with E-state index in [1.165, 1.54) is 0 Å². The van der Waals surface area contributed by atoms with Gasteiger partial charge >= 0.3 is 0 Å². The molecule has 0 bridgehead atoms. The second-order valence-electron chi connectivity index (χ2n) is 4.02. The van der Waals surface area contributed by atoms with E-state index in [-0.39, 0.29) is 0 Å². The van der Waals surface area contributed by atoms with Gasteiger partial charge in [-0.1, -0.05) is 0 Å². The number of benzene rings is 1. The van der Waals surface area contributed by atoms with Crippen LogP contribution in [0.5, 0.6) is 5.75 Å². The van der Waals surface area contributed by atoms with Gasteiger partial charge in [-0.25, -0.2) is 9.13 Å². The predicted octanol–water partition coefficient (Wildman–Crippen LogP) is 0.593. The highest BCUT2D eigenvalue weighted by Crippen LogP contribution is 2.24. The lowest BCUT2D eigenvalue weighted by Gasteiger charge is -2.08. The van der Waals surface area contributed by atoms with Crippen LogP contribution in [-0.2, 0) is 20.7 Å². The summed E-state index contributed by atoms with van der Waals surface area (Å²) in [4.78, 5) is 0. The number of rotatable bonds is 3. The maximum atomic E-state index is 5.81. The molecule has 5 heteroatoms. The second kappa shape index (κ2) is 4.37. The number of hydrogen-bond donors (Lipinski definition) is 2. The number of nitrogens with zero attached hydrogens (tertiary/aromatic N) is 2.